The molecule has 0 rings (SSSR count). The van der Waals surface area contributed by atoms with Crippen molar-refractivity contribution >= 4 is 15.6 Å². The van der Waals surface area contributed by atoms with Crippen molar-refractivity contribution in [3.05, 3.63) is 0 Å². The lowest BCUT2D eigenvalue weighted by atomic mass is 10.3. The maximum atomic E-state index is 10.8. The Labute approximate surface area is 66.7 Å². The zero-order chi connectivity index (χ0) is 8.91. The quantitative estimate of drug-likeness (QED) is 0.607. The first-order valence-electron chi connectivity index (χ1n) is 3.44. The van der Waals surface area contributed by atoms with E-state index >= 15 is 0 Å². The molecule has 0 aliphatic carbocycles. The molecule has 0 aromatic carbocycles. The summed E-state index contributed by atoms with van der Waals surface area (Å²) in [5.74, 6) is -0.188. The van der Waals surface area contributed by atoms with Crippen molar-refractivity contribution < 1.29 is 13.2 Å². The summed E-state index contributed by atoms with van der Waals surface area (Å²) in [5, 5.41) is 0. The van der Waals surface area contributed by atoms with Crippen molar-refractivity contribution in [2.24, 2.45) is 5.73 Å². The Balaban J connectivity index is 3.80. The summed E-state index contributed by atoms with van der Waals surface area (Å²) in [6.45, 7) is 1.49. The van der Waals surface area contributed by atoms with Gasteiger partial charge in [0, 0.05) is 12.2 Å². The first kappa shape index (κ1) is 10.6. The van der Waals surface area contributed by atoms with Crippen LogP contribution in [0.4, 0.5) is 0 Å². The smallest absolute Gasteiger partial charge is 0.150 e. The van der Waals surface area contributed by atoms with Gasteiger partial charge in [-0.3, -0.25) is 4.79 Å². The minimum absolute atomic E-state index is 0.0483. The van der Waals surface area contributed by atoms with Gasteiger partial charge in [0.25, 0.3) is 0 Å². The molecule has 0 bridgehead atoms. The van der Waals surface area contributed by atoms with Gasteiger partial charge in [0.05, 0.1) is 12.3 Å². The predicted molar refractivity (Wildman–Crippen MR) is 43.0 cm³/mol. The molecule has 5 heteroatoms. The summed E-state index contributed by atoms with van der Waals surface area (Å²) >= 11 is 0. The van der Waals surface area contributed by atoms with E-state index in [0.717, 1.165) is 0 Å². The highest BCUT2D eigenvalue weighted by atomic mass is 32.2. The molecular weight excluding hydrogens is 166 g/mol. The number of hydrogen-bond acceptors (Lipinski definition) is 4. The highest BCUT2D eigenvalue weighted by Crippen LogP contribution is 1.93. The van der Waals surface area contributed by atoms with Crippen LogP contribution >= 0.6 is 0 Å². The minimum Gasteiger partial charge on any atom is -0.324 e. The first-order valence-corrected chi connectivity index (χ1v) is 5.26. The summed E-state index contributed by atoms with van der Waals surface area (Å²) in [6, 6.07) is 0. The van der Waals surface area contributed by atoms with Gasteiger partial charge >= 0.3 is 0 Å². The molecule has 4 nitrogen and oxygen atoms in total. The number of carbonyl (C=O) groups is 1. The lowest BCUT2D eigenvalue weighted by Gasteiger charge is -1.97. The number of carbonyl (C=O) groups excluding carboxylic acids is 1. The number of sulfone groups is 1. The maximum Gasteiger partial charge on any atom is 0.150 e. The Morgan fingerprint density at radius 2 is 2.00 bits per heavy atom. The van der Waals surface area contributed by atoms with Gasteiger partial charge in [-0.05, 0) is 0 Å². The van der Waals surface area contributed by atoms with Crippen LogP contribution in [-0.2, 0) is 14.6 Å². The number of rotatable bonds is 5. The predicted octanol–water partition coefficient (Wildman–Crippen LogP) is -0.661. The van der Waals surface area contributed by atoms with Gasteiger partial charge < -0.3 is 5.73 Å². The van der Waals surface area contributed by atoms with Crippen LogP contribution in [0.2, 0.25) is 0 Å². The van der Waals surface area contributed by atoms with E-state index in [4.69, 9.17) is 5.73 Å². The Kier molecular flexibility index (Phi) is 4.29. The molecule has 66 valence electrons. The third-order valence-corrected chi connectivity index (χ3v) is 3.07. The molecule has 0 aromatic rings. The molecule has 0 saturated heterocycles. The van der Waals surface area contributed by atoms with Crippen molar-refractivity contribution in [3.63, 3.8) is 0 Å². The van der Waals surface area contributed by atoms with E-state index < -0.39 is 9.84 Å². The van der Waals surface area contributed by atoms with Crippen molar-refractivity contribution in [2.75, 3.05) is 18.1 Å². The summed E-state index contributed by atoms with van der Waals surface area (Å²) in [4.78, 5) is 10.6. The van der Waals surface area contributed by atoms with E-state index in [9.17, 15) is 13.2 Å². The van der Waals surface area contributed by atoms with Gasteiger partial charge in [-0.1, -0.05) is 6.92 Å². The summed E-state index contributed by atoms with van der Waals surface area (Å²) in [5.41, 5.74) is 5.00. The SMILES string of the molecule is CCS(=O)(=O)CCC(=O)CN. The molecule has 0 heterocycles. The fourth-order valence-corrected chi connectivity index (χ4v) is 1.34. The van der Waals surface area contributed by atoms with Crippen LogP contribution in [0.15, 0.2) is 0 Å². The van der Waals surface area contributed by atoms with E-state index in [-0.39, 0.29) is 30.3 Å². The fraction of sp³-hybridized carbons (Fsp3) is 0.833. The molecule has 2 N–H and O–H groups in total. The van der Waals surface area contributed by atoms with Crippen LogP contribution < -0.4 is 5.73 Å². The molecule has 0 aromatic heterocycles. The van der Waals surface area contributed by atoms with Crippen LogP contribution in [-0.4, -0.2) is 32.3 Å². The second-order valence-corrected chi connectivity index (χ2v) is 4.70. The van der Waals surface area contributed by atoms with Crippen molar-refractivity contribution in [2.45, 2.75) is 13.3 Å². The van der Waals surface area contributed by atoms with E-state index in [2.05, 4.69) is 0 Å². The summed E-state index contributed by atoms with van der Waals surface area (Å²) < 4.78 is 21.7. The number of nitrogens with two attached hydrogens (primary N) is 1. The molecule has 0 aliphatic heterocycles. The van der Waals surface area contributed by atoms with Crippen molar-refractivity contribution in [3.8, 4) is 0 Å². The van der Waals surface area contributed by atoms with Gasteiger partial charge in [0.15, 0.2) is 0 Å². The number of ketones is 1. The molecular formula is C6H13NO3S. The Morgan fingerprint density at radius 1 is 1.45 bits per heavy atom. The third-order valence-electron chi connectivity index (χ3n) is 1.36. The minimum atomic E-state index is -3.00. The Morgan fingerprint density at radius 3 is 2.36 bits per heavy atom. The third kappa shape index (κ3) is 4.92. The monoisotopic (exact) mass is 179 g/mol. The van der Waals surface area contributed by atoms with Gasteiger partial charge in [0.1, 0.15) is 15.6 Å². The molecule has 0 aliphatic rings. The van der Waals surface area contributed by atoms with Crippen LogP contribution in [0, 0.1) is 0 Å². The van der Waals surface area contributed by atoms with Crippen LogP contribution in [0.25, 0.3) is 0 Å². The molecule has 0 fully saturated rings. The molecule has 0 atom stereocenters. The zero-order valence-corrected chi connectivity index (χ0v) is 7.36. The van der Waals surface area contributed by atoms with Crippen LogP contribution in [0.5, 0.6) is 0 Å². The Bertz CT molecular complexity index is 220. The Hall–Kier alpha value is -0.420. The van der Waals surface area contributed by atoms with E-state index in [1.807, 2.05) is 0 Å². The standard InChI is InChI=1S/C6H13NO3S/c1-2-11(9,10)4-3-6(8)5-7/h2-5,7H2,1H3. The number of hydrogen-bond donors (Lipinski definition) is 1. The zero-order valence-electron chi connectivity index (χ0n) is 6.54. The van der Waals surface area contributed by atoms with Gasteiger partial charge in [-0.2, -0.15) is 0 Å². The normalized spacial score (nSPS) is 11.5. The van der Waals surface area contributed by atoms with Crippen molar-refractivity contribution in [1.29, 1.82) is 0 Å². The molecule has 0 amide bonds. The van der Waals surface area contributed by atoms with E-state index in [1.54, 1.807) is 6.92 Å². The van der Waals surface area contributed by atoms with E-state index in [1.165, 1.54) is 0 Å². The van der Waals surface area contributed by atoms with Gasteiger partial charge in [-0.25, -0.2) is 8.42 Å². The molecule has 0 saturated carbocycles. The fourth-order valence-electron chi connectivity index (χ4n) is 0.516. The average molecular weight is 179 g/mol. The molecule has 11 heavy (non-hydrogen) atoms. The topological polar surface area (TPSA) is 77.2 Å². The molecule has 0 unspecified atom stereocenters. The summed E-state index contributed by atoms with van der Waals surface area (Å²) in [6.07, 6.45) is 0.0483. The molecule has 0 radical (unpaired) electrons. The van der Waals surface area contributed by atoms with Gasteiger partial charge in [0.2, 0.25) is 0 Å². The highest BCUT2D eigenvalue weighted by Gasteiger charge is 2.09. The average Bonchev–Trinajstić information content (AvgIpc) is 2.00. The maximum absolute atomic E-state index is 10.8. The lowest BCUT2D eigenvalue weighted by molar-refractivity contribution is -0.117. The second kappa shape index (κ2) is 4.46. The number of Topliss-reactive ketones (excluding diaryl/α,β-unsaturated/α-hetero) is 1. The first-order chi connectivity index (χ1) is 5.02. The summed E-state index contributed by atoms with van der Waals surface area (Å²) in [7, 11) is -3.00. The van der Waals surface area contributed by atoms with Crippen LogP contribution in [0.1, 0.15) is 13.3 Å². The van der Waals surface area contributed by atoms with Crippen molar-refractivity contribution in [1.82, 2.24) is 0 Å². The van der Waals surface area contributed by atoms with Crippen LogP contribution in [0.3, 0.4) is 0 Å². The second-order valence-electron chi connectivity index (χ2n) is 2.23. The largest absolute Gasteiger partial charge is 0.324 e. The van der Waals surface area contributed by atoms with Gasteiger partial charge in [-0.15, -0.1) is 0 Å². The lowest BCUT2D eigenvalue weighted by Crippen LogP contribution is -2.18. The highest BCUT2D eigenvalue weighted by molar-refractivity contribution is 7.91. The van der Waals surface area contributed by atoms with E-state index in [0.29, 0.717) is 0 Å². The molecule has 0 spiro atoms.